The van der Waals surface area contributed by atoms with Crippen molar-refractivity contribution in [3.05, 3.63) is 48.0 Å². The van der Waals surface area contributed by atoms with Gasteiger partial charge in [-0.3, -0.25) is 0 Å². The molecule has 4 rings (SSSR count). The Bertz CT molecular complexity index is 893. The average Bonchev–Trinajstić information content (AvgIpc) is 3.21. The molecule has 104 valence electrons. The first-order valence-electron chi connectivity index (χ1n) is 6.46. The van der Waals surface area contributed by atoms with Crippen LogP contribution >= 0.6 is 11.3 Å². The van der Waals surface area contributed by atoms with Crippen molar-refractivity contribution >= 4 is 21.4 Å². The molecule has 0 saturated heterocycles. The van der Waals surface area contributed by atoms with E-state index in [-0.39, 0.29) is 0 Å². The Morgan fingerprint density at radius 2 is 2.19 bits per heavy atom. The Morgan fingerprint density at radius 3 is 3.00 bits per heavy atom. The number of rotatable bonds is 3. The molecule has 1 aromatic carbocycles. The van der Waals surface area contributed by atoms with Crippen LogP contribution < -0.4 is 0 Å². The van der Waals surface area contributed by atoms with Gasteiger partial charge in [0.2, 0.25) is 0 Å². The number of fused-ring (bicyclic) bond motifs is 1. The molecule has 0 aliphatic heterocycles. The molecule has 0 aliphatic rings. The van der Waals surface area contributed by atoms with Crippen molar-refractivity contribution in [2.24, 2.45) is 0 Å². The van der Waals surface area contributed by atoms with E-state index in [4.69, 9.17) is 4.52 Å². The van der Waals surface area contributed by atoms with Crippen molar-refractivity contribution in [3.8, 4) is 10.8 Å². The molecule has 0 saturated carbocycles. The Labute approximate surface area is 124 Å². The summed E-state index contributed by atoms with van der Waals surface area (Å²) in [4.78, 5) is 5.48. The van der Waals surface area contributed by atoms with Crippen molar-refractivity contribution in [1.82, 2.24) is 25.1 Å². The maximum Gasteiger partial charge on any atom is 0.268 e. The van der Waals surface area contributed by atoms with Crippen molar-refractivity contribution in [3.63, 3.8) is 0 Å². The third-order valence-corrected chi connectivity index (χ3v) is 4.54. The van der Waals surface area contributed by atoms with E-state index in [0.717, 1.165) is 4.88 Å². The number of benzene rings is 1. The lowest BCUT2D eigenvalue weighted by atomic mass is 10.1. The molecule has 0 amide bonds. The molecule has 4 aromatic rings. The normalized spacial score (nSPS) is 11.3. The number of hydrogen-bond donors (Lipinski definition) is 0. The number of hydrogen-bond acceptors (Lipinski definition) is 6. The van der Waals surface area contributed by atoms with Crippen LogP contribution in [-0.2, 0) is 6.54 Å². The maximum absolute atomic E-state index is 5.40. The Balaban J connectivity index is 1.72. The van der Waals surface area contributed by atoms with Gasteiger partial charge in [0.05, 0.1) is 11.1 Å². The number of aryl methyl sites for hydroxylation is 1. The summed E-state index contributed by atoms with van der Waals surface area (Å²) in [5.74, 6) is 1.15. The smallest absolute Gasteiger partial charge is 0.268 e. The minimum absolute atomic E-state index is 0.452. The summed E-state index contributed by atoms with van der Waals surface area (Å²) in [6, 6.07) is 8.28. The number of aromatic nitrogens is 5. The van der Waals surface area contributed by atoms with Gasteiger partial charge in [0.15, 0.2) is 5.82 Å². The largest absolute Gasteiger partial charge is 0.333 e. The summed E-state index contributed by atoms with van der Waals surface area (Å²) >= 11 is 1.67. The van der Waals surface area contributed by atoms with Gasteiger partial charge in [0, 0.05) is 10.9 Å². The van der Waals surface area contributed by atoms with Crippen molar-refractivity contribution < 1.29 is 4.52 Å². The zero-order valence-electron chi connectivity index (χ0n) is 11.2. The van der Waals surface area contributed by atoms with Crippen molar-refractivity contribution in [2.45, 2.75) is 13.5 Å². The molecular weight excluding hydrogens is 286 g/mol. The maximum atomic E-state index is 5.40. The van der Waals surface area contributed by atoms with Crippen LogP contribution in [0.15, 0.2) is 41.2 Å². The third-order valence-electron chi connectivity index (χ3n) is 3.28. The van der Waals surface area contributed by atoms with Crippen molar-refractivity contribution in [1.29, 1.82) is 0 Å². The molecule has 0 unspecified atom stereocenters. The van der Waals surface area contributed by atoms with Gasteiger partial charge in [-0.25, -0.2) is 4.68 Å². The van der Waals surface area contributed by atoms with E-state index >= 15 is 0 Å². The van der Waals surface area contributed by atoms with E-state index < -0.39 is 0 Å². The van der Waals surface area contributed by atoms with Crippen LogP contribution in [0, 0.1) is 6.92 Å². The molecule has 0 N–H and O–H groups in total. The summed E-state index contributed by atoms with van der Waals surface area (Å²) < 4.78 is 8.28. The molecule has 6 nitrogen and oxygen atoms in total. The van der Waals surface area contributed by atoms with E-state index in [1.807, 2.05) is 12.1 Å². The van der Waals surface area contributed by atoms with Gasteiger partial charge in [0.1, 0.15) is 6.54 Å². The monoisotopic (exact) mass is 297 g/mol. The highest BCUT2D eigenvalue weighted by Crippen LogP contribution is 2.37. The van der Waals surface area contributed by atoms with E-state index in [9.17, 15) is 0 Å². The van der Waals surface area contributed by atoms with Gasteiger partial charge in [-0.15, -0.1) is 16.4 Å². The summed E-state index contributed by atoms with van der Waals surface area (Å²) in [7, 11) is 0. The van der Waals surface area contributed by atoms with Gasteiger partial charge in [0.25, 0.3) is 5.89 Å². The first kappa shape index (κ1) is 12.2. The van der Waals surface area contributed by atoms with Gasteiger partial charge >= 0.3 is 0 Å². The van der Waals surface area contributed by atoms with Gasteiger partial charge in [-0.2, -0.15) is 4.98 Å². The minimum atomic E-state index is 0.452. The van der Waals surface area contributed by atoms with E-state index in [1.54, 1.807) is 28.4 Å². The lowest BCUT2D eigenvalue weighted by Gasteiger charge is -1.92. The highest BCUT2D eigenvalue weighted by Gasteiger charge is 2.16. The quantitative estimate of drug-likeness (QED) is 0.581. The molecular formula is C14H11N5OS. The molecule has 0 radical (unpaired) electrons. The zero-order valence-corrected chi connectivity index (χ0v) is 12.0. The van der Waals surface area contributed by atoms with Crippen LogP contribution in [0.25, 0.3) is 20.9 Å². The SMILES string of the molecule is Cc1c(-c2nc(Cn3ccnn3)no2)sc2ccccc12. The average molecular weight is 297 g/mol. The lowest BCUT2D eigenvalue weighted by molar-refractivity contribution is 0.419. The molecule has 21 heavy (non-hydrogen) atoms. The second-order valence-corrected chi connectivity index (χ2v) is 5.72. The van der Waals surface area contributed by atoms with E-state index in [1.165, 1.54) is 15.6 Å². The van der Waals surface area contributed by atoms with Gasteiger partial charge in [-0.05, 0) is 23.9 Å². The second kappa shape index (κ2) is 4.78. The molecule has 7 heteroatoms. The van der Waals surface area contributed by atoms with Gasteiger partial charge in [-0.1, -0.05) is 28.6 Å². The Morgan fingerprint density at radius 1 is 1.29 bits per heavy atom. The fourth-order valence-electron chi connectivity index (χ4n) is 2.25. The second-order valence-electron chi connectivity index (χ2n) is 4.67. The summed E-state index contributed by atoms with van der Waals surface area (Å²) in [5.41, 5.74) is 1.17. The van der Waals surface area contributed by atoms with Crippen LogP contribution in [-0.4, -0.2) is 25.1 Å². The first-order chi connectivity index (χ1) is 10.3. The van der Waals surface area contributed by atoms with Crippen LogP contribution in [0.3, 0.4) is 0 Å². The lowest BCUT2D eigenvalue weighted by Crippen LogP contribution is -2.02. The summed E-state index contributed by atoms with van der Waals surface area (Å²) in [5, 5.41) is 12.9. The fraction of sp³-hybridized carbons (Fsp3) is 0.143. The fourth-order valence-corrected chi connectivity index (χ4v) is 3.38. The minimum Gasteiger partial charge on any atom is -0.333 e. The Kier molecular flexibility index (Phi) is 2.78. The highest BCUT2D eigenvalue weighted by molar-refractivity contribution is 7.22. The molecule has 0 atom stereocenters. The topological polar surface area (TPSA) is 69.6 Å². The van der Waals surface area contributed by atoms with Crippen LogP contribution in [0.2, 0.25) is 0 Å². The van der Waals surface area contributed by atoms with E-state index in [0.29, 0.717) is 18.3 Å². The van der Waals surface area contributed by atoms with Crippen LogP contribution in [0.4, 0.5) is 0 Å². The number of nitrogens with zero attached hydrogens (tertiary/aromatic N) is 5. The highest BCUT2D eigenvalue weighted by atomic mass is 32.1. The molecule has 0 spiro atoms. The standard InChI is InChI=1S/C14H11N5OS/c1-9-10-4-2-3-5-11(10)21-13(9)14-16-12(17-20-14)8-19-7-6-15-18-19/h2-7H,8H2,1H3. The number of thiophene rings is 1. The van der Waals surface area contributed by atoms with E-state index in [2.05, 4.69) is 39.5 Å². The van der Waals surface area contributed by atoms with Gasteiger partial charge < -0.3 is 4.52 Å². The summed E-state index contributed by atoms with van der Waals surface area (Å²) in [6.45, 7) is 2.53. The molecule has 0 bridgehead atoms. The third kappa shape index (κ3) is 2.11. The Hall–Kier alpha value is -2.54. The van der Waals surface area contributed by atoms with Crippen LogP contribution in [0.5, 0.6) is 0 Å². The molecule has 0 aliphatic carbocycles. The first-order valence-corrected chi connectivity index (χ1v) is 7.28. The molecule has 3 aromatic heterocycles. The predicted octanol–water partition coefficient (Wildman–Crippen LogP) is 2.90. The van der Waals surface area contributed by atoms with Crippen LogP contribution in [0.1, 0.15) is 11.4 Å². The van der Waals surface area contributed by atoms with Crippen molar-refractivity contribution in [2.75, 3.05) is 0 Å². The molecule has 3 heterocycles. The summed E-state index contributed by atoms with van der Waals surface area (Å²) in [6.07, 6.45) is 3.39. The zero-order chi connectivity index (χ0) is 14.2. The predicted molar refractivity (Wildman–Crippen MR) is 79.0 cm³/mol. The molecule has 0 fully saturated rings.